The minimum atomic E-state index is -4.02. The van der Waals surface area contributed by atoms with Crippen LogP contribution in [0.15, 0.2) is 76.7 Å². The van der Waals surface area contributed by atoms with Crippen molar-refractivity contribution in [3.63, 3.8) is 0 Å². The summed E-state index contributed by atoms with van der Waals surface area (Å²) in [6.45, 7) is 3.56. The van der Waals surface area contributed by atoms with Crippen LogP contribution < -0.4 is 10.2 Å². The zero-order valence-electron chi connectivity index (χ0n) is 19.3. The molecule has 0 saturated carbocycles. The normalized spacial score (nSPS) is 11.7. The lowest BCUT2D eigenvalue weighted by molar-refractivity contribution is -0.121. The topological polar surface area (TPSA) is 108 Å². The first kappa shape index (κ1) is 26.2. The van der Waals surface area contributed by atoms with Crippen molar-refractivity contribution in [1.82, 2.24) is 9.73 Å². The summed E-state index contributed by atoms with van der Waals surface area (Å²) < 4.78 is 33.1. The summed E-state index contributed by atoms with van der Waals surface area (Å²) in [7, 11) is -4.02. The van der Waals surface area contributed by atoms with E-state index in [4.69, 9.17) is 16.3 Å². The smallest absolute Gasteiger partial charge is 0.255 e. The number of hydrogen-bond acceptors (Lipinski definition) is 6. The van der Waals surface area contributed by atoms with Gasteiger partial charge in [0.2, 0.25) is 10.0 Å². The Morgan fingerprint density at radius 2 is 1.83 bits per heavy atom. The summed E-state index contributed by atoms with van der Waals surface area (Å²) in [5.41, 5.74) is 4.32. The zero-order chi connectivity index (χ0) is 25.4. The third kappa shape index (κ3) is 6.82. The molecule has 0 aromatic heterocycles. The van der Waals surface area contributed by atoms with Crippen LogP contribution in [0.4, 0.5) is 0 Å². The SMILES string of the molecule is CCOc1cccc(/C=N\NC(=O)CN(Cc2ccccc2C)S(=O)(=O)c2ccc(Cl)cc2)c1O. The van der Waals surface area contributed by atoms with Gasteiger partial charge >= 0.3 is 0 Å². The van der Waals surface area contributed by atoms with Crippen molar-refractivity contribution in [2.24, 2.45) is 5.10 Å². The van der Waals surface area contributed by atoms with Crippen molar-refractivity contribution < 1.29 is 23.1 Å². The Balaban J connectivity index is 1.80. The van der Waals surface area contributed by atoms with Crippen molar-refractivity contribution in [3.05, 3.63) is 88.4 Å². The molecule has 2 N–H and O–H groups in total. The molecule has 0 atom stereocenters. The Labute approximate surface area is 209 Å². The molecular formula is C25H26ClN3O5S. The van der Waals surface area contributed by atoms with E-state index in [1.807, 2.05) is 31.2 Å². The Morgan fingerprint density at radius 1 is 1.11 bits per heavy atom. The van der Waals surface area contributed by atoms with E-state index in [1.54, 1.807) is 25.1 Å². The zero-order valence-corrected chi connectivity index (χ0v) is 20.9. The number of hydrogen-bond donors (Lipinski definition) is 2. The number of para-hydroxylation sites is 1. The molecule has 8 nitrogen and oxygen atoms in total. The Morgan fingerprint density at radius 3 is 2.51 bits per heavy atom. The molecule has 3 aromatic carbocycles. The van der Waals surface area contributed by atoms with Crippen molar-refractivity contribution in [2.75, 3.05) is 13.2 Å². The number of nitrogens with one attached hydrogen (secondary N) is 1. The fraction of sp³-hybridized carbons (Fsp3) is 0.200. The molecule has 0 spiro atoms. The fourth-order valence-electron chi connectivity index (χ4n) is 3.24. The summed E-state index contributed by atoms with van der Waals surface area (Å²) >= 11 is 5.91. The molecule has 0 fully saturated rings. The van der Waals surface area contributed by atoms with Crippen LogP contribution in [0.5, 0.6) is 11.5 Å². The van der Waals surface area contributed by atoms with Crippen LogP contribution in [-0.2, 0) is 21.4 Å². The third-order valence-corrected chi connectivity index (χ3v) is 7.16. The van der Waals surface area contributed by atoms with Crippen molar-refractivity contribution in [2.45, 2.75) is 25.3 Å². The quantitative estimate of drug-likeness (QED) is 0.312. The van der Waals surface area contributed by atoms with E-state index in [-0.39, 0.29) is 17.2 Å². The van der Waals surface area contributed by atoms with Gasteiger partial charge in [-0.3, -0.25) is 4.79 Å². The first-order chi connectivity index (χ1) is 16.7. The number of aryl methyl sites for hydroxylation is 1. The van der Waals surface area contributed by atoms with Gasteiger partial charge in [0.1, 0.15) is 0 Å². The van der Waals surface area contributed by atoms with E-state index in [1.165, 1.54) is 30.5 Å². The van der Waals surface area contributed by atoms with Crippen LogP contribution in [0.25, 0.3) is 0 Å². The second kappa shape index (κ2) is 11.8. The number of sulfonamides is 1. The number of aromatic hydroxyl groups is 1. The molecule has 3 rings (SSSR count). The number of nitrogens with zero attached hydrogens (tertiary/aromatic N) is 2. The van der Waals surface area contributed by atoms with Gasteiger partial charge in [-0.15, -0.1) is 0 Å². The maximum atomic E-state index is 13.4. The maximum absolute atomic E-state index is 13.4. The average molecular weight is 516 g/mol. The van der Waals surface area contributed by atoms with Crippen LogP contribution >= 0.6 is 11.6 Å². The summed E-state index contributed by atoms with van der Waals surface area (Å²) in [5.74, 6) is -0.465. The molecule has 0 aliphatic rings. The van der Waals surface area contributed by atoms with E-state index in [9.17, 15) is 18.3 Å². The van der Waals surface area contributed by atoms with Crippen LogP contribution in [0.3, 0.4) is 0 Å². The molecule has 3 aromatic rings. The van der Waals surface area contributed by atoms with E-state index in [2.05, 4.69) is 10.5 Å². The number of carbonyl (C=O) groups excluding carboxylic acids is 1. The molecule has 35 heavy (non-hydrogen) atoms. The van der Waals surface area contributed by atoms with Gasteiger partial charge in [-0.1, -0.05) is 41.9 Å². The molecule has 0 aliphatic heterocycles. The number of rotatable bonds is 10. The molecule has 0 radical (unpaired) electrons. The standard InChI is InChI=1S/C25H26ClN3O5S/c1-3-34-23-10-6-9-19(25(23)31)15-27-28-24(30)17-29(16-20-8-5-4-7-18(20)2)35(32,33)22-13-11-21(26)12-14-22/h4-15,31H,3,16-17H2,1-2H3,(H,28,30)/b27-15-. The number of phenolic OH excluding ortho intramolecular Hbond substituents is 1. The Kier molecular flexibility index (Phi) is 8.86. The summed E-state index contributed by atoms with van der Waals surface area (Å²) in [4.78, 5) is 12.7. The van der Waals surface area contributed by atoms with E-state index < -0.39 is 22.5 Å². The van der Waals surface area contributed by atoms with Crippen molar-refractivity contribution in [1.29, 1.82) is 0 Å². The van der Waals surface area contributed by atoms with Crippen molar-refractivity contribution >= 4 is 33.7 Å². The van der Waals surface area contributed by atoms with Crippen LogP contribution in [0, 0.1) is 6.92 Å². The number of carbonyl (C=O) groups is 1. The van der Waals surface area contributed by atoms with Gasteiger partial charge in [0, 0.05) is 17.1 Å². The second-order valence-corrected chi connectivity index (χ2v) is 9.95. The fourth-order valence-corrected chi connectivity index (χ4v) is 4.74. The van der Waals surface area contributed by atoms with Gasteiger partial charge in [0.25, 0.3) is 5.91 Å². The molecule has 10 heteroatoms. The van der Waals surface area contributed by atoms with Crippen LogP contribution in [0.1, 0.15) is 23.6 Å². The molecule has 0 saturated heterocycles. The molecule has 1 amide bonds. The number of hydrazone groups is 1. The molecule has 0 bridgehead atoms. The maximum Gasteiger partial charge on any atom is 0.255 e. The molecule has 184 valence electrons. The highest BCUT2D eigenvalue weighted by Crippen LogP contribution is 2.28. The monoisotopic (exact) mass is 515 g/mol. The number of phenols is 1. The molecule has 0 heterocycles. The number of benzene rings is 3. The molecule has 0 aliphatic carbocycles. The van der Waals surface area contributed by atoms with Crippen LogP contribution in [-0.4, -0.2) is 43.1 Å². The van der Waals surface area contributed by atoms with Crippen LogP contribution in [0.2, 0.25) is 5.02 Å². The molecular weight excluding hydrogens is 490 g/mol. The van der Waals surface area contributed by atoms with Gasteiger partial charge < -0.3 is 9.84 Å². The predicted molar refractivity (Wildman–Crippen MR) is 135 cm³/mol. The lowest BCUT2D eigenvalue weighted by atomic mass is 10.1. The van der Waals surface area contributed by atoms with E-state index in [0.29, 0.717) is 22.9 Å². The predicted octanol–water partition coefficient (Wildman–Crippen LogP) is 4.09. The number of amides is 1. The highest BCUT2D eigenvalue weighted by atomic mass is 35.5. The first-order valence-electron chi connectivity index (χ1n) is 10.8. The lowest BCUT2D eigenvalue weighted by Gasteiger charge is -2.22. The van der Waals surface area contributed by atoms with Gasteiger partial charge in [-0.25, -0.2) is 13.8 Å². The summed E-state index contributed by atoms with van der Waals surface area (Å²) in [6.07, 6.45) is 1.26. The lowest BCUT2D eigenvalue weighted by Crippen LogP contribution is -2.39. The van der Waals surface area contributed by atoms with E-state index >= 15 is 0 Å². The highest BCUT2D eigenvalue weighted by Gasteiger charge is 2.27. The Hall–Kier alpha value is -3.40. The number of ether oxygens (including phenoxy) is 1. The number of halogens is 1. The minimum absolute atomic E-state index is 0.00798. The van der Waals surface area contributed by atoms with Gasteiger partial charge in [-0.2, -0.15) is 9.41 Å². The molecule has 0 unspecified atom stereocenters. The minimum Gasteiger partial charge on any atom is -0.504 e. The van der Waals surface area contributed by atoms with Gasteiger partial charge in [0.05, 0.1) is 24.3 Å². The first-order valence-corrected chi connectivity index (χ1v) is 12.6. The van der Waals surface area contributed by atoms with Gasteiger partial charge in [-0.05, 0) is 61.4 Å². The largest absolute Gasteiger partial charge is 0.504 e. The second-order valence-electron chi connectivity index (χ2n) is 7.57. The average Bonchev–Trinajstić information content (AvgIpc) is 2.82. The Bertz CT molecular complexity index is 1310. The van der Waals surface area contributed by atoms with Crippen molar-refractivity contribution in [3.8, 4) is 11.5 Å². The highest BCUT2D eigenvalue weighted by molar-refractivity contribution is 7.89. The summed E-state index contributed by atoms with van der Waals surface area (Å²) in [5, 5.41) is 14.5. The summed E-state index contributed by atoms with van der Waals surface area (Å²) in [6, 6.07) is 18.0. The van der Waals surface area contributed by atoms with E-state index in [0.717, 1.165) is 15.4 Å². The third-order valence-electron chi connectivity index (χ3n) is 5.10. The van der Waals surface area contributed by atoms with Gasteiger partial charge in [0.15, 0.2) is 11.5 Å².